The van der Waals surface area contributed by atoms with Crippen LogP contribution in [0.5, 0.6) is 0 Å². The van der Waals surface area contributed by atoms with Gasteiger partial charge in [-0.1, -0.05) is 25.5 Å². The van der Waals surface area contributed by atoms with Gasteiger partial charge in [-0.15, -0.1) is 0 Å². The van der Waals surface area contributed by atoms with Crippen molar-refractivity contribution in [2.45, 2.75) is 26.2 Å². The number of aryl methyl sites for hydroxylation is 1. The predicted molar refractivity (Wildman–Crippen MR) is 82.4 cm³/mol. The van der Waals surface area contributed by atoms with E-state index in [1.807, 2.05) is 6.92 Å². The van der Waals surface area contributed by atoms with Crippen LogP contribution >= 0.6 is 12.2 Å². The molecule has 3 N–H and O–H groups in total. The quantitative estimate of drug-likeness (QED) is 0.741. The lowest BCUT2D eigenvalue weighted by Crippen LogP contribution is -2.18. The zero-order chi connectivity index (χ0) is 15.4. The molecule has 0 unspecified atom stereocenters. The number of nitrogens with one attached hydrogen (secondary N) is 2. The van der Waals surface area contributed by atoms with E-state index in [4.69, 9.17) is 17.3 Å². The average Bonchev–Trinajstić information content (AvgIpc) is 2.43. The zero-order valence-corrected chi connectivity index (χ0v) is 12.4. The van der Waals surface area contributed by atoms with E-state index in [-0.39, 0.29) is 11.1 Å². The van der Waals surface area contributed by atoms with Gasteiger partial charge in [0.1, 0.15) is 0 Å². The second-order valence-corrected chi connectivity index (χ2v) is 5.20. The van der Waals surface area contributed by atoms with Gasteiger partial charge in [0.05, 0.1) is 5.56 Å². The van der Waals surface area contributed by atoms with E-state index in [1.54, 1.807) is 12.1 Å². The van der Waals surface area contributed by atoms with Crippen LogP contribution in [0, 0.1) is 4.77 Å². The largest absolute Gasteiger partial charge is 0.478 e. The number of carbonyl (C=O) groups is 1. The topological polar surface area (TPSA) is 86.0 Å². The lowest BCUT2D eigenvalue weighted by molar-refractivity contribution is 0.0697. The van der Waals surface area contributed by atoms with Crippen molar-refractivity contribution in [3.8, 4) is 0 Å². The number of aromatic carboxylic acids is 1. The van der Waals surface area contributed by atoms with Crippen molar-refractivity contribution in [2.24, 2.45) is 0 Å². The summed E-state index contributed by atoms with van der Waals surface area (Å²) in [5.74, 6) is -0.963. The van der Waals surface area contributed by atoms with Crippen molar-refractivity contribution in [1.82, 2.24) is 9.97 Å². The molecular formula is C15H16N2O3S. The van der Waals surface area contributed by atoms with Gasteiger partial charge in [0.25, 0.3) is 5.56 Å². The van der Waals surface area contributed by atoms with Gasteiger partial charge in [-0.2, -0.15) is 0 Å². The molecule has 1 aromatic heterocycles. The molecule has 0 saturated carbocycles. The van der Waals surface area contributed by atoms with Crippen molar-refractivity contribution in [3.05, 3.63) is 61.8 Å². The maximum atomic E-state index is 12.1. The summed E-state index contributed by atoms with van der Waals surface area (Å²) < 4.78 is 0.327. The molecule has 0 bridgehead atoms. The van der Waals surface area contributed by atoms with Crippen molar-refractivity contribution in [2.75, 3.05) is 0 Å². The lowest BCUT2D eigenvalue weighted by atomic mass is 10.0. The first kappa shape index (κ1) is 15.2. The molecule has 0 fully saturated rings. The van der Waals surface area contributed by atoms with Crippen LogP contribution in [0.4, 0.5) is 0 Å². The summed E-state index contributed by atoms with van der Waals surface area (Å²) in [5.41, 5.74) is 2.41. The highest BCUT2D eigenvalue weighted by atomic mass is 32.1. The van der Waals surface area contributed by atoms with Crippen molar-refractivity contribution < 1.29 is 9.90 Å². The van der Waals surface area contributed by atoms with Crippen LogP contribution in [-0.2, 0) is 12.8 Å². The monoisotopic (exact) mass is 304 g/mol. The molecule has 0 atom stereocenters. The number of aromatic amines is 2. The lowest BCUT2D eigenvalue weighted by Gasteiger charge is -2.08. The maximum Gasteiger partial charge on any atom is 0.335 e. The summed E-state index contributed by atoms with van der Waals surface area (Å²) in [6, 6.07) is 6.52. The summed E-state index contributed by atoms with van der Waals surface area (Å²) in [6.07, 6.45) is 2.09. The van der Waals surface area contributed by atoms with Gasteiger partial charge in [-0.3, -0.25) is 9.78 Å². The predicted octanol–water partition coefficient (Wildman–Crippen LogP) is 2.67. The number of aromatic nitrogens is 2. The van der Waals surface area contributed by atoms with Crippen molar-refractivity contribution in [1.29, 1.82) is 0 Å². The standard InChI is InChI=1S/C15H16N2O3S/c1-2-3-12-11(13(18)17-15(21)16-12)8-9-4-6-10(7-5-9)14(19)20/h4-7H,2-3,8H2,1H3,(H,19,20)(H2,16,17,18,21). The van der Waals surface area contributed by atoms with Crippen LogP contribution in [-0.4, -0.2) is 21.0 Å². The number of rotatable bonds is 5. The Morgan fingerprint density at radius 1 is 1.24 bits per heavy atom. The Labute approximate surface area is 126 Å². The van der Waals surface area contributed by atoms with Gasteiger partial charge in [-0.05, 0) is 36.3 Å². The van der Waals surface area contributed by atoms with E-state index in [0.29, 0.717) is 16.8 Å². The first-order valence-corrected chi connectivity index (χ1v) is 7.08. The van der Waals surface area contributed by atoms with Crippen molar-refractivity contribution in [3.63, 3.8) is 0 Å². The Balaban J connectivity index is 2.36. The third-order valence-corrected chi connectivity index (χ3v) is 3.42. The first-order valence-electron chi connectivity index (χ1n) is 6.68. The number of carboxylic acid groups (broad SMARTS) is 1. The Bertz CT molecular complexity index is 760. The molecule has 2 rings (SSSR count). The first-order chi connectivity index (χ1) is 10.0. The van der Waals surface area contributed by atoms with E-state index < -0.39 is 5.97 Å². The van der Waals surface area contributed by atoms with Crippen LogP contribution < -0.4 is 5.56 Å². The minimum Gasteiger partial charge on any atom is -0.478 e. The molecule has 0 spiro atoms. The Morgan fingerprint density at radius 3 is 2.48 bits per heavy atom. The van der Waals surface area contributed by atoms with Gasteiger partial charge in [-0.25, -0.2) is 4.79 Å². The zero-order valence-electron chi connectivity index (χ0n) is 11.6. The van der Waals surface area contributed by atoms with E-state index in [0.717, 1.165) is 24.1 Å². The van der Waals surface area contributed by atoms with Gasteiger partial charge in [0, 0.05) is 17.7 Å². The van der Waals surface area contributed by atoms with E-state index in [9.17, 15) is 9.59 Å². The SMILES string of the molecule is CCCc1[nH]c(=S)[nH]c(=O)c1Cc1ccc(C(=O)O)cc1. The average molecular weight is 304 g/mol. The van der Waals surface area contributed by atoms with E-state index in [2.05, 4.69) is 9.97 Å². The Morgan fingerprint density at radius 2 is 1.90 bits per heavy atom. The number of hydrogen-bond donors (Lipinski definition) is 3. The molecule has 21 heavy (non-hydrogen) atoms. The molecular weight excluding hydrogens is 288 g/mol. The van der Waals surface area contributed by atoms with Gasteiger partial charge >= 0.3 is 5.97 Å². The van der Waals surface area contributed by atoms with Gasteiger partial charge < -0.3 is 10.1 Å². The summed E-state index contributed by atoms with van der Waals surface area (Å²) in [4.78, 5) is 28.5. The molecule has 0 amide bonds. The minimum atomic E-state index is -0.963. The molecule has 110 valence electrons. The summed E-state index contributed by atoms with van der Waals surface area (Å²) in [7, 11) is 0. The molecule has 5 nitrogen and oxygen atoms in total. The highest BCUT2D eigenvalue weighted by Gasteiger charge is 2.10. The highest BCUT2D eigenvalue weighted by molar-refractivity contribution is 7.71. The van der Waals surface area contributed by atoms with Crippen LogP contribution in [0.15, 0.2) is 29.1 Å². The molecule has 0 radical (unpaired) electrons. The number of benzene rings is 1. The van der Waals surface area contributed by atoms with Gasteiger partial charge in [0.2, 0.25) is 0 Å². The third kappa shape index (κ3) is 3.66. The van der Waals surface area contributed by atoms with Crippen LogP contribution in [0.1, 0.15) is 40.5 Å². The maximum absolute atomic E-state index is 12.1. The number of hydrogen-bond acceptors (Lipinski definition) is 3. The highest BCUT2D eigenvalue weighted by Crippen LogP contribution is 2.12. The molecule has 6 heteroatoms. The normalized spacial score (nSPS) is 10.5. The number of carboxylic acids is 1. The molecule has 0 saturated heterocycles. The fraction of sp³-hybridized carbons (Fsp3) is 0.267. The molecule has 1 heterocycles. The summed E-state index contributed by atoms with van der Waals surface area (Å²) in [6.45, 7) is 2.03. The molecule has 0 aliphatic carbocycles. The number of H-pyrrole nitrogens is 2. The fourth-order valence-electron chi connectivity index (χ4n) is 2.18. The van der Waals surface area contributed by atoms with E-state index in [1.165, 1.54) is 12.1 Å². The van der Waals surface area contributed by atoms with Gasteiger partial charge in [0.15, 0.2) is 4.77 Å². The van der Waals surface area contributed by atoms with Crippen LogP contribution in [0.3, 0.4) is 0 Å². The van der Waals surface area contributed by atoms with Crippen LogP contribution in [0.2, 0.25) is 0 Å². The third-order valence-electron chi connectivity index (χ3n) is 3.21. The molecule has 1 aromatic carbocycles. The van der Waals surface area contributed by atoms with Crippen molar-refractivity contribution >= 4 is 18.2 Å². The van der Waals surface area contributed by atoms with Crippen LogP contribution in [0.25, 0.3) is 0 Å². The molecule has 0 aliphatic heterocycles. The Kier molecular flexibility index (Phi) is 4.70. The summed E-state index contributed by atoms with van der Waals surface area (Å²) in [5, 5.41) is 8.88. The fourth-order valence-corrected chi connectivity index (χ4v) is 2.39. The summed E-state index contributed by atoms with van der Waals surface area (Å²) >= 11 is 4.99. The smallest absolute Gasteiger partial charge is 0.335 e. The van der Waals surface area contributed by atoms with E-state index >= 15 is 0 Å². The molecule has 0 aliphatic rings. The second-order valence-electron chi connectivity index (χ2n) is 4.79. The Hall–Kier alpha value is -2.21. The second kappa shape index (κ2) is 6.49. The minimum absolute atomic E-state index is 0.190. The molecule has 2 aromatic rings.